The summed E-state index contributed by atoms with van der Waals surface area (Å²) >= 11 is 0. The average molecular weight is 355 g/mol. The van der Waals surface area contributed by atoms with Crippen LogP contribution >= 0.6 is 0 Å². The molecule has 2 atom stereocenters. The van der Waals surface area contributed by atoms with Crippen molar-refractivity contribution in [2.75, 3.05) is 6.61 Å². The summed E-state index contributed by atoms with van der Waals surface area (Å²) in [5, 5.41) is 10.9. The average Bonchev–Trinajstić information content (AvgIpc) is 3.16. The molecule has 1 aliphatic rings. The van der Waals surface area contributed by atoms with Crippen LogP contribution in [0.15, 0.2) is 53.2 Å². The summed E-state index contributed by atoms with van der Waals surface area (Å²) in [6.07, 6.45) is 3.32. The zero-order valence-electron chi connectivity index (χ0n) is 14.1. The van der Waals surface area contributed by atoms with Crippen LogP contribution < -0.4 is 0 Å². The van der Waals surface area contributed by atoms with E-state index in [0.29, 0.717) is 23.3 Å². The Morgan fingerprint density at radius 1 is 1.31 bits per heavy atom. The van der Waals surface area contributed by atoms with Gasteiger partial charge in [0.05, 0.1) is 17.8 Å². The van der Waals surface area contributed by atoms with Crippen molar-refractivity contribution in [3.05, 3.63) is 70.2 Å². The highest BCUT2D eigenvalue weighted by atomic mass is 16.6. The number of ether oxygens (including phenoxy) is 1. The first kappa shape index (κ1) is 17.6. The van der Waals surface area contributed by atoms with Gasteiger partial charge in [-0.25, -0.2) is 0 Å². The largest absolute Gasteiger partial charge is 0.465 e. The summed E-state index contributed by atoms with van der Waals surface area (Å²) in [4.78, 5) is 35.4. The molecule has 3 rings (SSSR count). The fourth-order valence-electron chi connectivity index (χ4n) is 3.17. The Hall–Kier alpha value is -3.22. The number of hydrogen-bond donors (Lipinski definition) is 0. The number of esters is 1. The summed E-state index contributed by atoms with van der Waals surface area (Å²) < 4.78 is 10.4. The summed E-state index contributed by atoms with van der Waals surface area (Å²) in [6, 6.07) is 9.36. The quantitative estimate of drug-likeness (QED) is 0.352. The smallest absolute Gasteiger partial charge is 0.317 e. The van der Waals surface area contributed by atoms with Crippen LogP contribution in [0, 0.1) is 16.0 Å². The fraction of sp³-hybridized carbons (Fsp3) is 0.263. The van der Waals surface area contributed by atoms with Gasteiger partial charge >= 0.3 is 5.97 Å². The van der Waals surface area contributed by atoms with E-state index in [-0.39, 0.29) is 18.1 Å². The Balaban J connectivity index is 1.99. The molecule has 0 fully saturated rings. The highest BCUT2D eigenvalue weighted by Gasteiger charge is 2.40. The van der Waals surface area contributed by atoms with E-state index in [9.17, 15) is 19.7 Å². The molecule has 0 bridgehead atoms. The predicted molar refractivity (Wildman–Crippen MR) is 92.3 cm³/mol. The van der Waals surface area contributed by atoms with Gasteiger partial charge in [-0.05, 0) is 42.7 Å². The van der Waals surface area contributed by atoms with Crippen molar-refractivity contribution in [3.8, 4) is 0 Å². The van der Waals surface area contributed by atoms with E-state index in [4.69, 9.17) is 9.15 Å². The van der Waals surface area contributed by atoms with Crippen LogP contribution in [-0.2, 0) is 14.3 Å². The van der Waals surface area contributed by atoms with Gasteiger partial charge in [0.1, 0.15) is 11.7 Å². The Morgan fingerprint density at radius 3 is 2.62 bits per heavy atom. The van der Waals surface area contributed by atoms with Gasteiger partial charge in [-0.3, -0.25) is 19.7 Å². The first-order valence-electron chi connectivity index (χ1n) is 8.20. The maximum absolute atomic E-state index is 12.6. The Morgan fingerprint density at radius 2 is 2.04 bits per heavy atom. The van der Waals surface area contributed by atoms with Gasteiger partial charge in [0.25, 0.3) is 5.69 Å². The van der Waals surface area contributed by atoms with Crippen LogP contribution in [-0.4, -0.2) is 23.3 Å². The third kappa shape index (κ3) is 3.42. The van der Waals surface area contributed by atoms with Crippen LogP contribution in [0.2, 0.25) is 0 Å². The molecule has 1 heterocycles. The van der Waals surface area contributed by atoms with E-state index in [0.717, 1.165) is 0 Å². The molecule has 7 nitrogen and oxygen atoms in total. The van der Waals surface area contributed by atoms with E-state index in [1.54, 1.807) is 31.2 Å². The predicted octanol–water partition coefficient (Wildman–Crippen LogP) is 3.51. The SMILES string of the molecule is CCOC(=O)C1C(=O)C=C(c2ccco2)CC1c1ccc([N+](=O)[O-])cc1. The van der Waals surface area contributed by atoms with Crippen molar-refractivity contribution >= 4 is 23.0 Å². The molecule has 1 aromatic carbocycles. The molecule has 7 heteroatoms. The number of nitrogens with zero attached hydrogens (tertiary/aromatic N) is 1. The number of ketones is 1. The van der Waals surface area contributed by atoms with Gasteiger partial charge < -0.3 is 9.15 Å². The van der Waals surface area contributed by atoms with Gasteiger partial charge in [-0.15, -0.1) is 0 Å². The van der Waals surface area contributed by atoms with Gasteiger partial charge in [-0.2, -0.15) is 0 Å². The molecule has 0 spiro atoms. The number of allylic oxidation sites excluding steroid dienone is 2. The van der Waals surface area contributed by atoms with Gasteiger partial charge in [-0.1, -0.05) is 12.1 Å². The van der Waals surface area contributed by atoms with Crippen molar-refractivity contribution in [2.45, 2.75) is 19.3 Å². The molecule has 0 aliphatic heterocycles. The third-order valence-corrected chi connectivity index (χ3v) is 4.38. The number of benzene rings is 1. The number of furan rings is 1. The lowest BCUT2D eigenvalue weighted by Gasteiger charge is -2.28. The molecule has 2 unspecified atom stereocenters. The first-order chi connectivity index (χ1) is 12.5. The molecule has 0 amide bonds. The number of rotatable bonds is 5. The van der Waals surface area contributed by atoms with Crippen molar-refractivity contribution in [1.29, 1.82) is 0 Å². The summed E-state index contributed by atoms with van der Waals surface area (Å²) in [6.45, 7) is 1.85. The molecular weight excluding hydrogens is 338 g/mol. The second-order valence-electron chi connectivity index (χ2n) is 5.94. The Labute approximate surface area is 149 Å². The standard InChI is InChI=1S/C19H17NO6/c1-2-25-19(22)18-15(12-5-7-14(8-6-12)20(23)24)10-13(11-16(18)21)17-4-3-9-26-17/h3-9,11,15,18H,2,10H2,1H3. The second-order valence-corrected chi connectivity index (χ2v) is 5.94. The van der Waals surface area contributed by atoms with Crippen molar-refractivity contribution in [1.82, 2.24) is 0 Å². The van der Waals surface area contributed by atoms with E-state index in [1.807, 2.05) is 0 Å². The molecule has 26 heavy (non-hydrogen) atoms. The highest BCUT2D eigenvalue weighted by Crippen LogP contribution is 2.40. The Kier molecular flexibility index (Phi) is 4.97. The maximum Gasteiger partial charge on any atom is 0.317 e. The molecule has 0 saturated carbocycles. The van der Waals surface area contributed by atoms with Gasteiger partial charge in [0.15, 0.2) is 5.78 Å². The summed E-state index contributed by atoms with van der Waals surface area (Å²) in [5.74, 6) is -1.84. The van der Waals surface area contributed by atoms with Crippen molar-refractivity contribution in [2.24, 2.45) is 5.92 Å². The minimum atomic E-state index is -0.977. The third-order valence-electron chi connectivity index (χ3n) is 4.38. The van der Waals surface area contributed by atoms with E-state index >= 15 is 0 Å². The molecule has 1 aromatic heterocycles. The van der Waals surface area contributed by atoms with Gasteiger partial charge in [0, 0.05) is 18.1 Å². The minimum absolute atomic E-state index is 0.0506. The van der Waals surface area contributed by atoms with Crippen LogP contribution in [0.5, 0.6) is 0 Å². The molecule has 0 saturated heterocycles. The monoisotopic (exact) mass is 355 g/mol. The van der Waals surface area contributed by atoms with E-state index in [2.05, 4.69) is 0 Å². The number of carbonyl (C=O) groups excluding carboxylic acids is 2. The Bertz CT molecular complexity index is 851. The molecule has 0 radical (unpaired) electrons. The maximum atomic E-state index is 12.6. The van der Waals surface area contributed by atoms with E-state index in [1.165, 1.54) is 24.5 Å². The number of nitro benzene ring substituents is 1. The van der Waals surface area contributed by atoms with E-state index < -0.39 is 22.7 Å². The lowest BCUT2D eigenvalue weighted by molar-refractivity contribution is -0.384. The fourth-order valence-corrected chi connectivity index (χ4v) is 3.17. The van der Waals surface area contributed by atoms with Crippen LogP contribution in [0.1, 0.15) is 30.6 Å². The molecular formula is C19H17NO6. The number of hydrogen-bond acceptors (Lipinski definition) is 6. The highest BCUT2D eigenvalue weighted by molar-refractivity contribution is 6.10. The second kappa shape index (κ2) is 7.35. The van der Waals surface area contributed by atoms with Crippen LogP contribution in [0.25, 0.3) is 5.57 Å². The zero-order valence-corrected chi connectivity index (χ0v) is 14.1. The topological polar surface area (TPSA) is 99.7 Å². The van der Waals surface area contributed by atoms with Crippen molar-refractivity contribution in [3.63, 3.8) is 0 Å². The molecule has 1 aliphatic carbocycles. The first-order valence-corrected chi connectivity index (χ1v) is 8.20. The molecule has 0 N–H and O–H groups in total. The number of carbonyl (C=O) groups is 2. The van der Waals surface area contributed by atoms with Crippen LogP contribution in [0.3, 0.4) is 0 Å². The zero-order chi connectivity index (χ0) is 18.7. The molecule has 2 aromatic rings. The summed E-state index contributed by atoms with van der Waals surface area (Å²) in [7, 11) is 0. The normalized spacial score (nSPS) is 19.7. The minimum Gasteiger partial charge on any atom is -0.465 e. The lowest BCUT2D eigenvalue weighted by Crippen LogP contribution is -2.34. The van der Waals surface area contributed by atoms with Crippen LogP contribution in [0.4, 0.5) is 5.69 Å². The van der Waals surface area contributed by atoms with Gasteiger partial charge in [0.2, 0.25) is 0 Å². The number of non-ortho nitro benzene ring substituents is 1. The van der Waals surface area contributed by atoms with Crippen molar-refractivity contribution < 1.29 is 23.7 Å². The summed E-state index contributed by atoms with van der Waals surface area (Å²) in [5.41, 5.74) is 1.30. The number of nitro groups is 1. The molecule has 134 valence electrons. The lowest BCUT2D eigenvalue weighted by atomic mass is 9.74.